The number of hydrogen-bond donors (Lipinski definition) is 1. The minimum atomic E-state index is -1.20. The van der Waals surface area contributed by atoms with Gasteiger partial charge < -0.3 is 9.47 Å². The van der Waals surface area contributed by atoms with Gasteiger partial charge in [0.25, 0.3) is 23.6 Å². The van der Waals surface area contributed by atoms with Gasteiger partial charge in [-0.25, -0.2) is 4.79 Å². The number of nitrogens with zero attached hydrogens (tertiary/aromatic N) is 1. The minimum absolute atomic E-state index is 0.214. The molecule has 1 aliphatic rings. The van der Waals surface area contributed by atoms with E-state index < -0.39 is 48.2 Å². The Balaban J connectivity index is 1.66. The van der Waals surface area contributed by atoms with Crippen molar-refractivity contribution in [3.05, 3.63) is 65.2 Å². The number of methoxy groups -OCH3 is 1. The first-order valence-electron chi connectivity index (χ1n) is 10.4. The molecular weight excluding hydrogens is 428 g/mol. The van der Waals surface area contributed by atoms with E-state index in [1.807, 2.05) is 6.92 Å². The fraction of sp³-hybridized carbons (Fsp3) is 0.292. The fourth-order valence-corrected chi connectivity index (χ4v) is 3.48. The van der Waals surface area contributed by atoms with Gasteiger partial charge >= 0.3 is 5.97 Å². The standard InChI is InChI=1S/C24H24N2O7/c1-4-14(2)20(26-22(29)17-7-5-6-8-18(17)23(26)30)24(31)33-13-19(27)25-21(28)15-9-11-16(32-3)12-10-15/h5-12,14,20H,4,13H2,1-3H3,(H,25,27,28). The van der Waals surface area contributed by atoms with E-state index in [0.29, 0.717) is 12.2 Å². The molecule has 0 radical (unpaired) electrons. The number of rotatable bonds is 8. The second-order valence-electron chi connectivity index (χ2n) is 7.57. The van der Waals surface area contributed by atoms with Crippen molar-refractivity contribution >= 4 is 29.6 Å². The summed E-state index contributed by atoms with van der Waals surface area (Å²) in [6.45, 7) is 2.78. The van der Waals surface area contributed by atoms with Gasteiger partial charge in [0.05, 0.1) is 18.2 Å². The second kappa shape index (κ2) is 10.1. The SMILES string of the molecule is CCC(C)C(C(=O)OCC(=O)NC(=O)c1ccc(OC)cc1)N1C(=O)c2ccccc2C1=O. The van der Waals surface area contributed by atoms with Crippen LogP contribution in [0.5, 0.6) is 5.75 Å². The third kappa shape index (κ3) is 4.92. The van der Waals surface area contributed by atoms with E-state index >= 15 is 0 Å². The van der Waals surface area contributed by atoms with Crippen molar-refractivity contribution in [2.75, 3.05) is 13.7 Å². The lowest BCUT2D eigenvalue weighted by atomic mass is 9.97. The van der Waals surface area contributed by atoms with Crippen LogP contribution in [0.3, 0.4) is 0 Å². The molecule has 33 heavy (non-hydrogen) atoms. The van der Waals surface area contributed by atoms with E-state index in [2.05, 4.69) is 5.32 Å². The van der Waals surface area contributed by atoms with Crippen molar-refractivity contribution in [2.45, 2.75) is 26.3 Å². The zero-order valence-corrected chi connectivity index (χ0v) is 18.5. The molecule has 0 saturated heterocycles. The molecule has 1 N–H and O–H groups in total. The summed E-state index contributed by atoms with van der Waals surface area (Å²) in [5.74, 6) is -3.44. The van der Waals surface area contributed by atoms with Crippen LogP contribution < -0.4 is 10.1 Å². The molecule has 2 unspecified atom stereocenters. The molecule has 9 nitrogen and oxygen atoms in total. The molecule has 0 spiro atoms. The van der Waals surface area contributed by atoms with Crippen LogP contribution in [-0.4, -0.2) is 54.3 Å². The Kier molecular flexibility index (Phi) is 7.22. The Morgan fingerprint density at radius 3 is 2.06 bits per heavy atom. The lowest BCUT2D eigenvalue weighted by Crippen LogP contribution is -2.49. The molecule has 2 atom stereocenters. The summed E-state index contributed by atoms with van der Waals surface area (Å²) in [4.78, 5) is 63.8. The molecule has 0 bridgehead atoms. The maximum atomic E-state index is 12.9. The van der Waals surface area contributed by atoms with Gasteiger partial charge in [0, 0.05) is 5.56 Å². The summed E-state index contributed by atoms with van der Waals surface area (Å²) >= 11 is 0. The number of carbonyl (C=O) groups is 5. The van der Waals surface area contributed by atoms with Crippen LogP contribution >= 0.6 is 0 Å². The average Bonchev–Trinajstić information content (AvgIpc) is 3.08. The highest BCUT2D eigenvalue weighted by atomic mass is 16.5. The predicted molar refractivity (Wildman–Crippen MR) is 117 cm³/mol. The van der Waals surface area contributed by atoms with Crippen molar-refractivity contribution < 1.29 is 33.4 Å². The quantitative estimate of drug-likeness (QED) is 0.482. The summed E-state index contributed by atoms with van der Waals surface area (Å²) in [6.07, 6.45) is 0.481. The summed E-state index contributed by atoms with van der Waals surface area (Å²) < 4.78 is 10.1. The van der Waals surface area contributed by atoms with Crippen molar-refractivity contribution in [3.63, 3.8) is 0 Å². The summed E-state index contributed by atoms with van der Waals surface area (Å²) in [5, 5.41) is 2.13. The Hall–Kier alpha value is -4.01. The van der Waals surface area contributed by atoms with E-state index in [4.69, 9.17) is 9.47 Å². The number of imide groups is 2. The molecule has 0 fully saturated rings. The molecule has 0 saturated carbocycles. The summed E-state index contributed by atoms with van der Waals surface area (Å²) in [7, 11) is 1.49. The monoisotopic (exact) mass is 452 g/mol. The van der Waals surface area contributed by atoms with Crippen LogP contribution in [0.2, 0.25) is 0 Å². The Labute approximate surface area is 190 Å². The van der Waals surface area contributed by atoms with Gasteiger partial charge in [-0.1, -0.05) is 32.4 Å². The Morgan fingerprint density at radius 1 is 0.970 bits per heavy atom. The second-order valence-corrected chi connectivity index (χ2v) is 7.57. The molecule has 0 aromatic heterocycles. The zero-order chi connectivity index (χ0) is 24.1. The van der Waals surface area contributed by atoms with E-state index in [0.717, 1.165) is 4.90 Å². The number of ether oxygens (including phenoxy) is 2. The largest absolute Gasteiger partial charge is 0.497 e. The highest BCUT2D eigenvalue weighted by molar-refractivity contribution is 6.22. The highest BCUT2D eigenvalue weighted by Gasteiger charge is 2.45. The molecule has 1 heterocycles. The number of esters is 1. The number of benzene rings is 2. The zero-order valence-electron chi connectivity index (χ0n) is 18.5. The molecule has 9 heteroatoms. The molecule has 0 aliphatic carbocycles. The number of nitrogens with one attached hydrogen (secondary N) is 1. The maximum absolute atomic E-state index is 12.9. The van der Waals surface area contributed by atoms with Crippen molar-refractivity contribution in [1.29, 1.82) is 0 Å². The smallest absolute Gasteiger partial charge is 0.330 e. The summed E-state index contributed by atoms with van der Waals surface area (Å²) in [5.41, 5.74) is 0.650. The number of carbonyl (C=O) groups excluding carboxylic acids is 5. The van der Waals surface area contributed by atoms with E-state index in [1.54, 1.807) is 31.2 Å². The molecule has 3 rings (SSSR count). The van der Waals surface area contributed by atoms with Crippen LogP contribution in [0.25, 0.3) is 0 Å². The van der Waals surface area contributed by atoms with Crippen molar-refractivity contribution in [1.82, 2.24) is 10.2 Å². The number of fused-ring (bicyclic) bond motifs is 1. The van der Waals surface area contributed by atoms with Crippen LogP contribution in [-0.2, 0) is 14.3 Å². The van der Waals surface area contributed by atoms with Gasteiger partial charge in [-0.2, -0.15) is 0 Å². The van der Waals surface area contributed by atoms with Gasteiger partial charge in [0.1, 0.15) is 11.8 Å². The maximum Gasteiger partial charge on any atom is 0.330 e. The predicted octanol–water partition coefficient (Wildman–Crippen LogP) is 2.21. The minimum Gasteiger partial charge on any atom is -0.497 e. The normalized spacial score (nSPS) is 14.3. The third-order valence-corrected chi connectivity index (χ3v) is 5.48. The van der Waals surface area contributed by atoms with Crippen LogP contribution in [0, 0.1) is 5.92 Å². The third-order valence-electron chi connectivity index (χ3n) is 5.48. The average molecular weight is 452 g/mol. The molecule has 1 aliphatic heterocycles. The molecule has 2 aromatic rings. The van der Waals surface area contributed by atoms with Gasteiger partial charge in [0.15, 0.2) is 6.61 Å². The van der Waals surface area contributed by atoms with Crippen LogP contribution in [0.15, 0.2) is 48.5 Å². The Bertz CT molecular complexity index is 1060. The van der Waals surface area contributed by atoms with Gasteiger partial charge in [-0.05, 0) is 42.3 Å². The van der Waals surface area contributed by atoms with E-state index in [9.17, 15) is 24.0 Å². The van der Waals surface area contributed by atoms with Gasteiger partial charge in [-0.3, -0.25) is 29.4 Å². The molecule has 172 valence electrons. The van der Waals surface area contributed by atoms with Crippen LogP contribution in [0.4, 0.5) is 0 Å². The summed E-state index contributed by atoms with van der Waals surface area (Å²) in [6, 6.07) is 11.2. The first-order chi connectivity index (χ1) is 15.8. The van der Waals surface area contributed by atoms with Crippen molar-refractivity contribution in [3.8, 4) is 5.75 Å². The first kappa shape index (κ1) is 23.6. The fourth-order valence-electron chi connectivity index (χ4n) is 3.48. The van der Waals surface area contributed by atoms with E-state index in [1.165, 1.54) is 31.4 Å². The highest BCUT2D eigenvalue weighted by Crippen LogP contribution is 2.28. The van der Waals surface area contributed by atoms with Gasteiger partial charge in [0.2, 0.25) is 0 Å². The lowest BCUT2D eigenvalue weighted by molar-refractivity contribution is -0.153. The van der Waals surface area contributed by atoms with Crippen molar-refractivity contribution in [2.24, 2.45) is 5.92 Å². The molecule has 2 aromatic carbocycles. The van der Waals surface area contributed by atoms with E-state index in [-0.39, 0.29) is 16.7 Å². The molecular formula is C24H24N2O7. The topological polar surface area (TPSA) is 119 Å². The lowest BCUT2D eigenvalue weighted by Gasteiger charge is -2.28. The van der Waals surface area contributed by atoms with Gasteiger partial charge in [-0.15, -0.1) is 0 Å². The molecule has 4 amide bonds. The first-order valence-corrected chi connectivity index (χ1v) is 10.4. The number of amides is 4. The Morgan fingerprint density at radius 2 is 1.55 bits per heavy atom. The van der Waals surface area contributed by atoms with Crippen LogP contribution in [0.1, 0.15) is 51.3 Å². The number of hydrogen-bond acceptors (Lipinski definition) is 7.